The Labute approximate surface area is 116 Å². The zero-order valence-corrected chi connectivity index (χ0v) is 12.6. The van der Waals surface area contributed by atoms with E-state index in [1.165, 1.54) is 13.1 Å². The minimum Gasteiger partial charge on any atom is -0.380 e. The fourth-order valence-corrected chi connectivity index (χ4v) is 2.49. The SMILES string of the molecule is CN1CCN(CCOCCC2COC(C)(C)O2)CC1. The van der Waals surface area contributed by atoms with E-state index in [1.807, 2.05) is 13.8 Å². The summed E-state index contributed by atoms with van der Waals surface area (Å²) in [5, 5.41) is 0. The van der Waals surface area contributed by atoms with Crippen LogP contribution < -0.4 is 0 Å². The van der Waals surface area contributed by atoms with E-state index in [2.05, 4.69) is 16.8 Å². The topological polar surface area (TPSA) is 34.2 Å². The van der Waals surface area contributed by atoms with Gasteiger partial charge >= 0.3 is 0 Å². The molecule has 0 amide bonds. The van der Waals surface area contributed by atoms with Crippen molar-refractivity contribution in [1.29, 1.82) is 0 Å². The average molecular weight is 272 g/mol. The number of piperazine rings is 1. The molecule has 0 radical (unpaired) electrons. The van der Waals surface area contributed by atoms with E-state index in [0.717, 1.165) is 39.3 Å². The average Bonchev–Trinajstić information content (AvgIpc) is 2.71. The molecule has 1 atom stereocenters. The van der Waals surface area contributed by atoms with Crippen LogP contribution in [0.15, 0.2) is 0 Å². The van der Waals surface area contributed by atoms with Gasteiger partial charge in [-0.15, -0.1) is 0 Å². The minimum atomic E-state index is -0.412. The molecule has 0 spiro atoms. The van der Waals surface area contributed by atoms with E-state index >= 15 is 0 Å². The predicted octanol–water partition coefficient (Wildman–Crippen LogP) is 0.792. The molecule has 0 aromatic carbocycles. The van der Waals surface area contributed by atoms with Crippen LogP contribution in [-0.2, 0) is 14.2 Å². The molecule has 0 aromatic heterocycles. The second-order valence-corrected chi connectivity index (χ2v) is 6.00. The van der Waals surface area contributed by atoms with Crippen LogP contribution in [-0.4, -0.2) is 81.3 Å². The highest BCUT2D eigenvalue weighted by atomic mass is 16.7. The third-order valence-corrected chi connectivity index (χ3v) is 3.80. The largest absolute Gasteiger partial charge is 0.380 e. The zero-order valence-electron chi connectivity index (χ0n) is 12.6. The molecular weight excluding hydrogens is 244 g/mol. The van der Waals surface area contributed by atoms with E-state index in [9.17, 15) is 0 Å². The Balaban J connectivity index is 1.46. The van der Waals surface area contributed by atoms with Gasteiger partial charge in [-0.2, -0.15) is 0 Å². The smallest absolute Gasteiger partial charge is 0.163 e. The van der Waals surface area contributed by atoms with Crippen molar-refractivity contribution in [2.75, 3.05) is 59.6 Å². The molecular formula is C14H28N2O3. The number of likely N-dealkylation sites (N-methyl/N-ethyl adjacent to an activating group) is 1. The highest BCUT2D eigenvalue weighted by Gasteiger charge is 2.32. The molecule has 2 aliphatic heterocycles. The molecule has 5 heteroatoms. The maximum Gasteiger partial charge on any atom is 0.163 e. The zero-order chi connectivity index (χ0) is 13.7. The summed E-state index contributed by atoms with van der Waals surface area (Å²) in [5.74, 6) is -0.412. The van der Waals surface area contributed by atoms with E-state index in [-0.39, 0.29) is 6.10 Å². The van der Waals surface area contributed by atoms with Gasteiger partial charge in [0.15, 0.2) is 5.79 Å². The summed E-state index contributed by atoms with van der Waals surface area (Å²) >= 11 is 0. The van der Waals surface area contributed by atoms with E-state index in [0.29, 0.717) is 6.61 Å². The first-order chi connectivity index (χ1) is 9.05. The highest BCUT2D eigenvalue weighted by molar-refractivity contribution is 4.71. The Bertz CT molecular complexity index is 265. The summed E-state index contributed by atoms with van der Waals surface area (Å²) in [5.41, 5.74) is 0. The molecule has 0 N–H and O–H groups in total. The summed E-state index contributed by atoms with van der Waals surface area (Å²) in [6, 6.07) is 0. The minimum absolute atomic E-state index is 0.193. The summed E-state index contributed by atoms with van der Waals surface area (Å²) in [6.45, 7) is 11.9. The maximum absolute atomic E-state index is 5.74. The maximum atomic E-state index is 5.74. The summed E-state index contributed by atoms with van der Waals surface area (Å²) in [4.78, 5) is 4.84. The molecule has 0 aromatic rings. The van der Waals surface area contributed by atoms with Crippen molar-refractivity contribution < 1.29 is 14.2 Å². The summed E-state index contributed by atoms with van der Waals surface area (Å²) in [7, 11) is 2.18. The van der Waals surface area contributed by atoms with Crippen molar-refractivity contribution in [3.05, 3.63) is 0 Å². The van der Waals surface area contributed by atoms with E-state index in [4.69, 9.17) is 14.2 Å². The van der Waals surface area contributed by atoms with Gasteiger partial charge in [-0.25, -0.2) is 0 Å². The van der Waals surface area contributed by atoms with Crippen LogP contribution in [0.2, 0.25) is 0 Å². The summed E-state index contributed by atoms with van der Waals surface area (Å²) in [6.07, 6.45) is 1.12. The first kappa shape index (κ1) is 15.2. The van der Waals surface area contributed by atoms with Gasteiger partial charge in [-0.3, -0.25) is 4.90 Å². The number of hydrogen-bond acceptors (Lipinski definition) is 5. The van der Waals surface area contributed by atoms with Crippen molar-refractivity contribution in [2.45, 2.75) is 32.2 Å². The van der Waals surface area contributed by atoms with Gasteiger partial charge in [0, 0.05) is 39.3 Å². The number of nitrogens with zero attached hydrogens (tertiary/aromatic N) is 2. The number of rotatable bonds is 6. The van der Waals surface area contributed by atoms with Crippen LogP contribution in [0.4, 0.5) is 0 Å². The normalized spacial score (nSPS) is 28.9. The molecule has 2 rings (SSSR count). The molecule has 2 aliphatic rings. The first-order valence-electron chi connectivity index (χ1n) is 7.35. The Morgan fingerprint density at radius 3 is 2.53 bits per heavy atom. The van der Waals surface area contributed by atoms with E-state index in [1.54, 1.807) is 0 Å². The Kier molecular flexibility index (Phi) is 5.59. The third-order valence-electron chi connectivity index (χ3n) is 3.80. The van der Waals surface area contributed by atoms with Gasteiger partial charge in [0.25, 0.3) is 0 Å². The quantitative estimate of drug-likeness (QED) is 0.668. The second-order valence-electron chi connectivity index (χ2n) is 6.00. The molecule has 2 saturated heterocycles. The molecule has 2 heterocycles. The van der Waals surface area contributed by atoms with Crippen molar-refractivity contribution in [1.82, 2.24) is 9.80 Å². The fraction of sp³-hybridized carbons (Fsp3) is 1.00. The van der Waals surface area contributed by atoms with Crippen molar-refractivity contribution >= 4 is 0 Å². The third kappa shape index (κ3) is 5.36. The van der Waals surface area contributed by atoms with Crippen LogP contribution in [0.5, 0.6) is 0 Å². The highest BCUT2D eigenvalue weighted by Crippen LogP contribution is 2.23. The van der Waals surface area contributed by atoms with Crippen molar-refractivity contribution in [3.8, 4) is 0 Å². The Hall–Kier alpha value is -0.200. The molecule has 2 fully saturated rings. The van der Waals surface area contributed by atoms with Gasteiger partial charge in [0.05, 0.1) is 19.3 Å². The van der Waals surface area contributed by atoms with Gasteiger partial charge in [-0.1, -0.05) is 0 Å². The molecule has 0 bridgehead atoms. The Morgan fingerprint density at radius 2 is 1.89 bits per heavy atom. The monoisotopic (exact) mass is 272 g/mol. The van der Waals surface area contributed by atoms with Crippen LogP contribution in [0.3, 0.4) is 0 Å². The lowest BCUT2D eigenvalue weighted by molar-refractivity contribution is -0.140. The molecule has 1 unspecified atom stereocenters. The molecule has 0 saturated carbocycles. The van der Waals surface area contributed by atoms with Crippen LogP contribution in [0, 0.1) is 0 Å². The molecule has 19 heavy (non-hydrogen) atoms. The molecule has 112 valence electrons. The van der Waals surface area contributed by atoms with Gasteiger partial charge < -0.3 is 19.1 Å². The summed E-state index contributed by atoms with van der Waals surface area (Å²) < 4.78 is 17.0. The number of ether oxygens (including phenoxy) is 3. The van der Waals surface area contributed by atoms with Gasteiger partial charge in [-0.05, 0) is 27.3 Å². The van der Waals surface area contributed by atoms with Crippen LogP contribution in [0.1, 0.15) is 20.3 Å². The Morgan fingerprint density at radius 1 is 1.16 bits per heavy atom. The second kappa shape index (κ2) is 6.99. The lowest BCUT2D eigenvalue weighted by Crippen LogP contribution is -2.45. The molecule has 5 nitrogen and oxygen atoms in total. The van der Waals surface area contributed by atoms with Gasteiger partial charge in [0.2, 0.25) is 0 Å². The van der Waals surface area contributed by atoms with Crippen LogP contribution in [0.25, 0.3) is 0 Å². The number of hydrogen-bond donors (Lipinski definition) is 0. The van der Waals surface area contributed by atoms with Crippen LogP contribution >= 0.6 is 0 Å². The fourth-order valence-electron chi connectivity index (χ4n) is 2.49. The van der Waals surface area contributed by atoms with Crippen molar-refractivity contribution in [2.24, 2.45) is 0 Å². The predicted molar refractivity (Wildman–Crippen MR) is 74.3 cm³/mol. The van der Waals surface area contributed by atoms with Crippen molar-refractivity contribution in [3.63, 3.8) is 0 Å². The molecule has 0 aliphatic carbocycles. The van der Waals surface area contributed by atoms with Gasteiger partial charge in [0.1, 0.15) is 0 Å². The van der Waals surface area contributed by atoms with E-state index < -0.39 is 5.79 Å². The standard InChI is InChI=1S/C14H28N2O3/c1-14(2)18-12-13(19-14)4-10-17-11-9-16-7-5-15(3)6-8-16/h13H,4-12H2,1-3H3. The lowest BCUT2D eigenvalue weighted by Gasteiger charge is -2.32. The first-order valence-corrected chi connectivity index (χ1v) is 7.35. The lowest BCUT2D eigenvalue weighted by atomic mass is 10.3.